The highest BCUT2D eigenvalue weighted by Crippen LogP contribution is 2.34. The van der Waals surface area contributed by atoms with Crippen molar-refractivity contribution in [3.8, 4) is 11.5 Å². The van der Waals surface area contributed by atoms with Gasteiger partial charge in [-0.1, -0.05) is 49.5 Å². The average Bonchev–Trinajstić information content (AvgIpc) is 2.34. The Morgan fingerprint density at radius 2 is 1.61 bits per heavy atom. The van der Waals surface area contributed by atoms with Crippen LogP contribution in [0.3, 0.4) is 0 Å². The molecule has 18 heavy (non-hydrogen) atoms. The van der Waals surface area contributed by atoms with Crippen LogP contribution in [0.2, 0.25) is 5.02 Å². The van der Waals surface area contributed by atoms with Crippen LogP contribution in [-0.4, -0.2) is 5.11 Å². The lowest BCUT2D eigenvalue weighted by Crippen LogP contribution is -1.92. The molecule has 2 aromatic carbocycles. The van der Waals surface area contributed by atoms with Crippen molar-refractivity contribution in [1.82, 2.24) is 0 Å². The zero-order chi connectivity index (χ0) is 13.1. The number of aliphatic hydroxyl groups is 1. The molecule has 0 amide bonds. The molecule has 0 saturated carbocycles. The SMILES string of the molecule is OCc1ccc(Br)cc1Oc1cc(Br)ccc1Cl. The molecule has 0 aliphatic rings. The van der Waals surface area contributed by atoms with Gasteiger partial charge in [-0.05, 0) is 30.3 Å². The van der Waals surface area contributed by atoms with Crippen molar-refractivity contribution < 1.29 is 9.84 Å². The topological polar surface area (TPSA) is 29.5 Å². The molecule has 0 radical (unpaired) electrons. The third kappa shape index (κ3) is 3.26. The van der Waals surface area contributed by atoms with Gasteiger partial charge in [0.2, 0.25) is 0 Å². The molecular formula is C13H9Br2ClO2. The van der Waals surface area contributed by atoms with Gasteiger partial charge in [-0.25, -0.2) is 0 Å². The van der Waals surface area contributed by atoms with Gasteiger partial charge in [-0.15, -0.1) is 0 Å². The van der Waals surface area contributed by atoms with Crippen molar-refractivity contribution in [2.75, 3.05) is 0 Å². The summed E-state index contributed by atoms with van der Waals surface area (Å²) in [5.41, 5.74) is 0.703. The van der Waals surface area contributed by atoms with Crippen molar-refractivity contribution in [3.63, 3.8) is 0 Å². The third-order valence-electron chi connectivity index (χ3n) is 2.31. The van der Waals surface area contributed by atoms with E-state index in [1.54, 1.807) is 24.3 Å². The van der Waals surface area contributed by atoms with Crippen LogP contribution < -0.4 is 4.74 Å². The summed E-state index contributed by atoms with van der Waals surface area (Å²) in [7, 11) is 0. The molecule has 0 aliphatic heterocycles. The maximum atomic E-state index is 9.27. The molecule has 2 nitrogen and oxygen atoms in total. The second-order valence-corrected chi connectivity index (χ2v) is 5.83. The summed E-state index contributed by atoms with van der Waals surface area (Å²) < 4.78 is 7.49. The minimum atomic E-state index is -0.0891. The Balaban J connectivity index is 2.38. The molecule has 2 aromatic rings. The Hall–Kier alpha value is -0.550. The Bertz CT molecular complexity index is 573. The number of hydrogen-bond acceptors (Lipinski definition) is 2. The normalized spacial score (nSPS) is 10.4. The number of rotatable bonds is 3. The van der Waals surface area contributed by atoms with Crippen LogP contribution in [0, 0.1) is 0 Å². The first-order chi connectivity index (χ1) is 8.60. The summed E-state index contributed by atoms with van der Waals surface area (Å²) in [5.74, 6) is 1.12. The smallest absolute Gasteiger partial charge is 0.147 e. The van der Waals surface area contributed by atoms with E-state index in [1.165, 1.54) is 0 Å². The van der Waals surface area contributed by atoms with Gasteiger partial charge in [-0.3, -0.25) is 0 Å². The number of benzene rings is 2. The summed E-state index contributed by atoms with van der Waals surface area (Å²) in [4.78, 5) is 0. The predicted molar refractivity (Wildman–Crippen MR) is 79.3 cm³/mol. The molecule has 94 valence electrons. The summed E-state index contributed by atoms with van der Waals surface area (Å²) in [6, 6.07) is 10.8. The summed E-state index contributed by atoms with van der Waals surface area (Å²) in [6.45, 7) is -0.0891. The zero-order valence-corrected chi connectivity index (χ0v) is 13.1. The number of ether oxygens (including phenoxy) is 1. The Labute approximate surface area is 127 Å². The highest BCUT2D eigenvalue weighted by molar-refractivity contribution is 9.10. The van der Waals surface area contributed by atoms with E-state index in [2.05, 4.69) is 31.9 Å². The lowest BCUT2D eigenvalue weighted by molar-refractivity contribution is 0.276. The maximum absolute atomic E-state index is 9.27. The van der Waals surface area contributed by atoms with Crippen molar-refractivity contribution in [3.05, 3.63) is 55.9 Å². The van der Waals surface area contributed by atoms with E-state index in [0.29, 0.717) is 22.1 Å². The van der Waals surface area contributed by atoms with Gasteiger partial charge in [0.25, 0.3) is 0 Å². The van der Waals surface area contributed by atoms with Gasteiger partial charge in [-0.2, -0.15) is 0 Å². The van der Waals surface area contributed by atoms with Crippen LogP contribution in [0.5, 0.6) is 11.5 Å². The van der Waals surface area contributed by atoms with Crippen molar-refractivity contribution in [1.29, 1.82) is 0 Å². The van der Waals surface area contributed by atoms with Crippen LogP contribution in [0.15, 0.2) is 45.3 Å². The van der Waals surface area contributed by atoms with Crippen LogP contribution in [-0.2, 0) is 6.61 Å². The number of halogens is 3. The van der Waals surface area contributed by atoms with E-state index in [-0.39, 0.29) is 6.61 Å². The second kappa shape index (κ2) is 6.06. The molecule has 0 aliphatic carbocycles. The third-order valence-corrected chi connectivity index (χ3v) is 3.61. The summed E-state index contributed by atoms with van der Waals surface area (Å²) >= 11 is 12.8. The lowest BCUT2D eigenvalue weighted by atomic mass is 10.2. The Morgan fingerprint density at radius 1 is 1.00 bits per heavy atom. The minimum Gasteiger partial charge on any atom is -0.455 e. The highest BCUT2D eigenvalue weighted by atomic mass is 79.9. The summed E-state index contributed by atoms with van der Waals surface area (Å²) in [5, 5.41) is 9.79. The van der Waals surface area contributed by atoms with E-state index < -0.39 is 0 Å². The average molecular weight is 392 g/mol. The fourth-order valence-corrected chi connectivity index (χ4v) is 2.26. The monoisotopic (exact) mass is 390 g/mol. The van der Waals surface area contributed by atoms with Gasteiger partial charge < -0.3 is 9.84 Å². The molecule has 5 heteroatoms. The van der Waals surface area contributed by atoms with Gasteiger partial charge in [0, 0.05) is 14.5 Å². The summed E-state index contributed by atoms with van der Waals surface area (Å²) in [6.07, 6.45) is 0. The van der Waals surface area contributed by atoms with Gasteiger partial charge in [0.1, 0.15) is 11.5 Å². The molecule has 1 N–H and O–H groups in total. The minimum absolute atomic E-state index is 0.0891. The first-order valence-corrected chi connectivity index (χ1v) is 7.09. The predicted octanol–water partition coefficient (Wildman–Crippen LogP) is 5.15. The molecule has 0 unspecified atom stereocenters. The fraction of sp³-hybridized carbons (Fsp3) is 0.0769. The van der Waals surface area contributed by atoms with Crippen molar-refractivity contribution in [2.45, 2.75) is 6.61 Å². The van der Waals surface area contributed by atoms with Crippen LogP contribution >= 0.6 is 43.5 Å². The Morgan fingerprint density at radius 3 is 2.28 bits per heavy atom. The molecule has 0 atom stereocenters. The number of aliphatic hydroxyl groups excluding tert-OH is 1. The highest BCUT2D eigenvalue weighted by Gasteiger charge is 2.08. The molecule has 0 bridgehead atoms. The van der Waals surface area contributed by atoms with Crippen LogP contribution in [0.4, 0.5) is 0 Å². The van der Waals surface area contributed by atoms with Gasteiger partial charge >= 0.3 is 0 Å². The van der Waals surface area contributed by atoms with E-state index in [9.17, 15) is 5.11 Å². The van der Waals surface area contributed by atoms with Crippen molar-refractivity contribution in [2.24, 2.45) is 0 Å². The molecule has 2 rings (SSSR count). The van der Waals surface area contributed by atoms with Gasteiger partial charge in [0.15, 0.2) is 0 Å². The fourth-order valence-electron chi connectivity index (χ4n) is 1.43. The van der Waals surface area contributed by atoms with E-state index >= 15 is 0 Å². The molecule has 0 heterocycles. The van der Waals surface area contributed by atoms with E-state index in [4.69, 9.17) is 16.3 Å². The van der Waals surface area contributed by atoms with Crippen LogP contribution in [0.1, 0.15) is 5.56 Å². The number of hydrogen-bond donors (Lipinski definition) is 1. The lowest BCUT2D eigenvalue weighted by Gasteiger charge is -2.11. The molecule has 0 saturated heterocycles. The maximum Gasteiger partial charge on any atom is 0.147 e. The van der Waals surface area contributed by atoms with Crippen molar-refractivity contribution >= 4 is 43.5 Å². The van der Waals surface area contributed by atoms with E-state index in [1.807, 2.05) is 12.1 Å². The standard InChI is InChI=1S/C13H9Br2ClO2/c14-9-2-1-8(7-17)12(5-9)18-13-6-10(15)3-4-11(13)16/h1-6,17H,7H2. The van der Waals surface area contributed by atoms with E-state index in [0.717, 1.165) is 8.95 Å². The quantitative estimate of drug-likeness (QED) is 0.783. The van der Waals surface area contributed by atoms with Gasteiger partial charge in [0.05, 0.1) is 11.6 Å². The molecular weight excluding hydrogens is 383 g/mol. The molecule has 0 aromatic heterocycles. The van der Waals surface area contributed by atoms with Crippen LogP contribution in [0.25, 0.3) is 0 Å². The Kier molecular flexibility index (Phi) is 4.67. The molecule has 0 spiro atoms. The second-order valence-electron chi connectivity index (χ2n) is 3.59. The first-order valence-electron chi connectivity index (χ1n) is 5.12. The molecule has 0 fully saturated rings. The first kappa shape index (κ1) is 13.9. The largest absolute Gasteiger partial charge is 0.455 e. The zero-order valence-electron chi connectivity index (χ0n) is 9.16.